The van der Waals surface area contributed by atoms with Crippen LogP contribution in [0.25, 0.3) is 0 Å². The number of aliphatic carboxylic acids is 1. The summed E-state index contributed by atoms with van der Waals surface area (Å²) in [5.41, 5.74) is 0. The monoisotopic (exact) mass is 255 g/mol. The van der Waals surface area contributed by atoms with Crippen molar-refractivity contribution in [2.75, 3.05) is 0 Å². The molecule has 0 saturated carbocycles. The van der Waals surface area contributed by atoms with Crippen LogP contribution in [0.4, 0.5) is 0 Å². The molecule has 59 valence electrons. The first-order valence-electron chi connectivity index (χ1n) is 1.36. The first kappa shape index (κ1) is 12.8. The summed E-state index contributed by atoms with van der Waals surface area (Å²) in [6, 6.07) is 0. The van der Waals surface area contributed by atoms with E-state index < -0.39 is 9.76 Å². The fourth-order valence-corrected chi connectivity index (χ4v) is 0. The Balaban J connectivity index is 0. The van der Waals surface area contributed by atoms with Gasteiger partial charge in [0.15, 0.2) is 0 Å². The van der Waals surface area contributed by atoms with Gasteiger partial charge in [-0.3, -0.25) is 0 Å². The third-order valence-electron chi connectivity index (χ3n) is 0.243. The summed E-state index contributed by atoms with van der Waals surface area (Å²) >= 11 is 17.7. The summed E-state index contributed by atoms with van der Waals surface area (Å²) in [4.78, 5) is 9.62. The van der Waals surface area contributed by atoms with Gasteiger partial charge >= 0.3 is 30.7 Å². The average molecular weight is 258 g/mol. The molecule has 0 rings (SSSR count). The molecule has 0 radical (unpaired) electrons. The van der Waals surface area contributed by atoms with Crippen molar-refractivity contribution in [2.24, 2.45) is 0 Å². The molecule has 0 aliphatic heterocycles. The van der Waals surface area contributed by atoms with Crippen LogP contribution < -0.4 is 0 Å². The van der Waals surface area contributed by atoms with Crippen LogP contribution in [0.15, 0.2) is 0 Å². The Hall–Kier alpha value is 1.12. The van der Waals surface area contributed by atoms with E-state index in [0.29, 0.717) is 0 Å². The van der Waals surface area contributed by atoms with Crippen LogP contribution in [0.2, 0.25) is 0 Å². The molecule has 0 unspecified atom stereocenters. The predicted molar refractivity (Wildman–Crippen MR) is 33.8 cm³/mol. The molecule has 9 heavy (non-hydrogen) atoms. The number of halogens is 4. The van der Waals surface area contributed by atoms with Crippen LogP contribution in [-0.2, 0) is 19.4 Å². The zero-order chi connectivity index (χ0) is 8.08. The van der Waals surface area contributed by atoms with Gasteiger partial charge in [-0.1, -0.05) is 34.8 Å². The molecule has 0 aliphatic rings. The van der Waals surface area contributed by atoms with Crippen LogP contribution in [0.5, 0.6) is 0 Å². The van der Waals surface area contributed by atoms with Crippen molar-refractivity contribution in [1.82, 2.24) is 0 Å². The van der Waals surface area contributed by atoms with Gasteiger partial charge in [0.05, 0.1) is 0 Å². The van der Waals surface area contributed by atoms with E-state index in [9.17, 15) is 4.79 Å². The molecule has 0 amide bonds. The second-order valence-corrected chi connectivity index (χ2v) is 3.08. The topological polar surface area (TPSA) is 37.3 Å². The van der Waals surface area contributed by atoms with Crippen molar-refractivity contribution in [1.29, 1.82) is 0 Å². The van der Waals surface area contributed by atoms with Crippen LogP contribution in [0, 0.1) is 0 Å². The van der Waals surface area contributed by atoms with E-state index in [-0.39, 0.29) is 0 Å². The molecule has 0 fully saturated rings. The molecule has 7 heteroatoms. The van der Waals surface area contributed by atoms with E-state index in [0.717, 1.165) is 0 Å². The molecule has 0 aliphatic carbocycles. The first-order chi connectivity index (χ1) is 3.94. The van der Waals surface area contributed by atoms with Crippen molar-refractivity contribution >= 4 is 51.0 Å². The molecule has 2 nitrogen and oxygen atoms in total. The first-order valence-corrected chi connectivity index (χ1v) is 3.86. The number of carboxylic acids is 1. The van der Waals surface area contributed by atoms with Gasteiger partial charge in [0.2, 0.25) is 0 Å². The zero-order valence-electron chi connectivity index (χ0n) is 3.68. The molecule has 0 atom stereocenters. The summed E-state index contributed by atoms with van der Waals surface area (Å²) in [6.07, 6.45) is 0. The quantitative estimate of drug-likeness (QED) is 0.533. The third-order valence-corrected chi connectivity index (χ3v) is 0.728. The Labute approximate surface area is 79.0 Å². The number of carbonyl (C=O) groups is 1. The van der Waals surface area contributed by atoms with Crippen molar-refractivity contribution in [3.63, 3.8) is 0 Å². The molecule has 0 aromatic rings. The fraction of sp³-hybridized carbons (Fsp3) is 0.500. The Kier molecular flexibility index (Phi) is 8.34. The van der Waals surface area contributed by atoms with Crippen LogP contribution in [0.3, 0.4) is 0 Å². The molecule has 0 spiro atoms. The minimum absolute atomic E-state index is 1.46. The Bertz CT molecular complexity index is 89.1. The van der Waals surface area contributed by atoms with Gasteiger partial charge in [0.1, 0.15) is 0 Å². The standard InChI is InChI=1S/C2HCl3O2.ClH.Ni/c3-2(4,5)1(6)7;;/h(H,6,7);1H;/q;;+1/p-1. The van der Waals surface area contributed by atoms with Gasteiger partial charge in [-0.2, -0.15) is 0 Å². The Morgan fingerprint density at radius 1 is 1.33 bits per heavy atom. The summed E-state index contributed by atoms with van der Waals surface area (Å²) in [6.45, 7) is 0. The van der Waals surface area contributed by atoms with Crippen molar-refractivity contribution in [3.05, 3.63) is 0 Å². The minimum atomic E-state index is -2.17. The summed E-state index contributed by atoms with van der Waals surface area (Å²) in [7, 11) is 4.26. The van der Waals surface area contributed by atoms with Gasteiger partial charge in [-0.25, -0.2) is 4.79 Å². The maximum atomic E-state index is 9.62. The van der Waals surface area contributed by atoms with Gasteiger partial charge in [0.25, 0.3) is 3.79 Å². The number of alkyl halides is 3. The third kappa shape index (κ3) is 9.12. The fourth-order valence-electron chi connectivity index (χ4n) is 0. The zero-order valence-corrected chi connectivity index (χ0v) is 7.69. The second kappa shape index (κ2) is 5.87. The molecular weight excluding hydrogens is 257 g/mol. The normalized spacial score (nSPS) is 9.56. The summed E-state index contributed by atoms with van der Waals surface area (Å²) in [5, 5.41) is 7.85. The predicted octanol–water partition coefficient (Wildman–Crippen LogP) is 2.13. The number of hydrogen-bond acceptors (Lipinski definition) is 1. The Morgan fingerprint density at radius 2 is 1.44 bits per heavy atom. The maximum absolute atomic E-state index is 9.62. The molecule has 0 heterocycles. The van der Waals surface area contributed by atoms with E-state index in [4.69, 9.17) is 39.9 Å². The van der Waals surface area contributed by atoms with E-state index in [2.05, 4.69) is 24.8 Å². The van der Waals surface area contributed by atoms with Gasteiger partial charge in [-0.05, 0) is 0 Å². The molecule has 0 aromatic carbocycles. The van der Waals surface area contributed by atoms with E-state index in [1.54, 1.807) is 0 Å². The van der Waals surface area contributed by atoms with Gasteiger partial charge < -0.3 is 5.11 Å². The number of rotatable bonds is 0. The van der Waals surface area contributed by atoms with Crippen molar-refractivity contribution in [2.45, 2.75) is 3.79 Å². The van der Waals surface area contributed by atoms with Crippen LogP contribution >= 0.6 is 45.0 Å². The van der Waals surface area contributed by atoms with Gasteiger partial charge in [-0.15, -0.1) is 0 Å². The van der Waals surface area contributed by atoms with E-state index in [1.807, 2.05) is 0 Å². The van der Waals surface area contributed by atoms with Crippen LogP contribution in [0.1, 0.15) is 0 Å². The Morgan fingerprint density at radius 3 is 1.44 bits per heavy atom. The molecule has 0 bridgehead atoms. The second-order valence-electron chi connectivity index (χ2n) is 0.803. The molecule has 1 N–H and O–H groups in total. The van der Waals surface area contributed by atoms with E-state index in [1.165, 1.54) is 0 Å². The number of hydrogen-bond donors (Lipinski definition) is 1. The molecular formula is C2HCl4NiO2. The van der Waals surface area contributed by atoms with Gasteiger partial charge in [0, 0.05) is 0 Å². The van der Waals surface area contributed by atoms with Crippen molar-refractivity contribution in [3.8, 4) is 0 Å². The molecule has 0 saturated heterocycles. The van der Waals surface area contributed by atoms with Crippen LogP contribution in [-0.4, -0.2) is 14.9 Å². The molecule has 0 aromatic heterocycles. The SMILES string of the molecule is O=C(O)C(Cl)(Cl)Cl.[Cl][Ni]. The van der Waals surface area contributed by atoms with Crippen molar-refractivity contribution < 1.29 is 24.5 Å². The summed E-state index contributed by atoms with van der Waals surface area (Å²) < 4.78 is -2.17. The summed E-state index contributed by atoms with van der Waals surface area (Å²) in [5.74, 6) is -1.46. The average Bonchev–Trinajstić information content (AvgIpc) is 1.69. The van der Waals surface area contributed by atoms with E-state index >= 15 is 0 Å². The number of carboxylic acid groups (broad SMARTS) is 1.